The van der Waals surface area contributed by atoms with Crippen molar-refractivity contribution in [3.63, 3.8) is 0 Å². The average molecular weight is 998 g/mol. The summed E-state index contributed by atoms with van der Waals surface area (Å²) >= 11 is 0. The van der Waals surface area contributed by atoms with E-state index in [1.165, 1.54) is 96.3 Å². The second kappa shape index (κ2) is 59.4. The van der Waals surface area contributed by atoms with Crippen LogP contribution in [-0.2, 0) is 28.6 Å². The average Bonchev–Trinajstić information content (AvgIpc) is 3.38. The summed E-state index contributed by atoms with van der Waals surface area (Å²) in [6.45, 7) is 6.44. The highest BCUT2D eigenvalue weighted by Gasteiger charge is 2.19. The Hall–Kier alpha value is -4.19. The molecule has 0 radical (unpaired) electrons. The van der Waals surface area contributed by atoms with Gasteiger partial charge in [0.1, 0.15) is 13.2 Å². The second-order valence-corrected chi connectivity index (χ2v) is 19.2. The van der Waals surface area contributed by atoms with Gasteiger partial charge in [-0.15, -0.1) is 0 Å². The molecular formula is C66H108O6. The van der Waals surface area contributed by atoms with Crippen LogP contribution in [0.15, 0.2) is 122 Å². The molecule has 408 valence electrons. The quantitative estimate of drug-likeness (QED) is 0.0261. The smallest absolute Gasteiger partial charge is 0.306 e. The molecule has 1 unspecified atom stereocenters. The summed E-state index contributed by atoms with van der Waals surface area (Å²) in [5.74, 6) is -0.977. The van der Waals surface area contributed by atoms with Crippen LogP contribution in [0.5, 0.6) is 0 Å². The highest BCUT2D eigenvalue weighted by Crippen LogP contribution is 2.14. The summed E-state index contributed by atoms with van der Waals surface area (Å²) in [5, 5.41) is 0. The fraction of sp³-hybridized carbons (Fsp3) is 0.652. The SMILES string of the molecule is CC/C=C\C/C=C\C/C=C\C/C=C\C/C=C\C/C=C\C/C=C\CCCC(=O)OCC(COC(=O)CCCCCCCCCCCCCC)OC(=O)CCCCCCCC/C=C\C/C=C\C/C=C\CCCCC. The van der Waals surface area contributed by atoms with E-state index in [-0.39, 0.29) is 37.5 Å². The van der Waals surface area contributed by atoms with Gasteiger partial charge in [0.2, 0.25) is 0 Å². The third-order valence-electron chi connectivity index (χ3n) is 12.2. The van der Waals surface area contributed by atoms with E-state index >= 15 is 0 Å². The fourth-order valence-electron chi connectivity index (χ4n) is 7.79. The number of esters is 3. The van der Waals surface area contributed by atoms with E-state index in [1.807, 2.05) is 0 Å². The van der Waals surface area contributed by atoms with Crippen molar-refractivity contribution in [2.45, 2.75) is 264 Å². The van der Waals surface area contributed by atoms with Gasteiger partial charge in [-0.3, -0.25) is 14.4 Å². The van der Waals surface area contributed by atoms with Crippen molar-refractivity contribution < 1.29 is 28.6 Å². The Kier molecular flexibility index (Phi) is 55.9. The first kappa shape index (κ1) is 67.8. The Morgan fingerprint density at radius 1 is 0.292 bits per heavy atom. The van der Waals surface area contributed by atoms with Gasteiger partial charge in [-0.25, -0.2) is 0 Å². The van der Waals surface area contributed by atoms with E-state index in [9.17, 15) is 14.4 Å². The lowest BCUT2D eigenvalue weighted by atomic mass is 10.0. The minimum absolute atomic E-state index is 0.102. The fourth-order valence-corrected chi connectivity index (χ4v) is 7.79. The number of ether oxygens (including phenoxy) is 3. The number of carbonyl (C=O) groups is 3. The molecule has 0 N–H and O–H groups in total. The van der Waals surface area contributed by atoms with Crippen molar-refractivity contribution in [2.75, 3.05) is 13.2 Å². The Morgan fingerprint density at radius 3 is 0.931 bits per heavy atom. The molecule has 0 aliphatic rings. The van der Waals surface area contributed by atoms with Crippen LogP contribution in [0.2, 0.25) is 0 Å². The Balaban J connectivity index is 4.49. The summed E-state index contributed by atoms with van der Waals surface area (Å²) < 4.78 is 16.8. The molecule has 0 rings (SSSR count). The molecule has 0 aliphatic carbocycles. The van der Waals surface area contributed by atoms with Crippen molar-refractivity contribution in [1.82, 2.24) is 0 Å². The van der Waals surface area contributed by atoms with E-state index in [2.05, 4.69) is 142 Å². The second-order valence-electron chi connectivity index (χ2n) is 19.2. The summed E-state index contributed by atoms with van der Waals surface area (Å²) in [7, 11) is 0. The number of rotatable bonds is 52. The van der Waals surface area contributed by atoms with Gasteiger partial charge in [0, 0.05) is 19.3 Å². The van der Waals surface area contributed by atoms with E-state index < -0.39 is 6.10 Å². The molecule has 0 saturated carbocycles. The molecule has 6 heteroatoms. The van der Waals surface area contributed by atoms with E-state index in [1.54, 1.807) is 0 Å². The Bertz CT molecular complexity index is 1520. The van der Waals surface area contributed by atoms with E-state index in [0.717, 1.165) is 116 Å². The van der Waals surface area contributed by atoms with E-state index in [0.29, 0.717) is 19.3 Å². The maximum atomic E-state index is 12.9. The molecule has 0 bridgehead atoms. The zero-order chi connectivity index (χ0) is 52.2. The first-order valence-corrected chi connectivity index (χ1v) is 29.5. The van der Waals surface area contributed by atoms with Crippen LogP contribution in [0.4, 0.5) is 0 Å². The van der Waals surface area contributed by atoms with E-state index in [4.69, 9.17) is 14.2 Å². The first-order chi connectivity index (χ1) is 35.5. The molecule has 0 heterocycles. The number of allylic oxidation sites excluding steroid dienone is 20. The molecule has 0 aliphatic heterocycles. The van der Waals surface area contributed by atoms with Gasteiger partial charge in [0.25, 0.3) is 0 Å². The highest BCUT2D eigenvalue weighted by molar-refractivity contribution is 5.71. The summed E-state index contributed by atoms with van der Waals surface area (Å²) in [6.07, 6.45) is 81.9. The van der Waals surface area contributed by atoms with Gasteiger partial charge in [-0.1, -0.05) is 251 Å². The predicted octanol–water partition coefficient (Wildman–Crippen LogP) is 20.0. The Labute approximate surface area is 443 Å². The van der Waals surface area contributed by atoms with Crippen LogP contribution in [0, 0.1) is 0 Å². The molecule has 0 aromatic carbocycles. The van der Waals surface area contributed by atoms with Crippen molar-refractivity contribution >= 4 is 17.9 Å². The van der Waals surface area contributed by atoms with Crippen LogP contribution in [0.3, 0.4) is 0 Å². The van der Waals surface area contributed by atoms with Gasteiger partial charge in [-0.2, -0.15) is 0 Å². The van der Waals surface area contributed by atoms with Gasteiger partial charge < -0.3 is 14.2 Å². The van der Waals surface area contributed by atoms with Crippen molar-refractivity contribution in [3.8, 4) is 0 Å². The first-order valence-electron chi connectivity index (χ1n) is 29.5. The number of hydrogen-bond acceptors (Lipinski definition) is 6. The molecule has 72 heavy (non-hydrogen) atoms. The number of carbonyl (C=O) groups excluding carboxylic acids is 3. The van der Waals surface area contributed by atoms with Crippen LogP contribution in [0.25, 0.3) is 0 Å². The predicted molar refractivity (Wildman–Crippen MR) is 311 cm³/mol. The topological polar surface area (TPSA) is 78.9 Å². The van der Waals surface area contributed by atoms with Crippen molar-refractivity contribution in [3.05, 3.63) is 122 Å². The largest absolute Gasteiger partial charge is 0.462 e. The molecule has 0 aromatic rings. The summed E-state index contributed by atoms with van der Waals surface area (Å²) in [6, 6.07) is 0. The molecule has 0 fully saturated rings. The third-order valence-corrected chi connectivity index (χ3v) is 12.2. The standard InChI is InChI=1S/C66H108O6/c1-4-7-10-13-16-19-22-25-27-29-31-32-33-34-36-37-39-41-44-47-50-53-56-59-65(68)71-62-63(61-70-64(67)58-55-52-49-46-43-24-21-18-15-12-9-6-3)72-66(69)60-57-54-51-48-45-42-40-38-35-30-28-26-23-20-17-14-11-8-5-2/h7,10,16-17,19-20,25-28,31-32,34-36,38-39,41,47,50,63H,4-6,8-9,11-15,18,21-24,29-30,33,37,40,42-46,48-49,51-62H2,1-3H3/b10-7-,19-16-,20-17-,27-25-,28-26-,32-31-,36-34-,38-35-,41-39-,50-47-. The minimum Gasteiger partial charge on any atom is -0.462 e. The molecular weight excluding hydrogens is 889 g/mol. The molecule has 0 spiro atoms. The highest BCUT2D eigenvalue weighted by atomic mass is 16.6. The number of hydrogen-bond donors (Lipinski definition) is 0. The van der Waals surface area contributed by atoms with Crippen LogP contribution in [0.1, 0.15) is 258 Å². The lowest BCUT2D eigenvalue weighted by Gasteiger charge is -2.18. The lowest BCUT2D eigenvalue weighted by molar-refractivity contribution is -0.167. The van der Waals surface area contributed by atoms with Crippen molar-refractivity contribution in [2.24, 2.45) is 0 Å². The number of unbranched alkanes of at least 4 members (excludes halogenated alkanes) is 21. The molecule has 1 atom stereocenters. The normalized spacial score (nSPS) is 13.0. The minimum atomic E-state index is -0.811. The molecule has 0 amide bonds. The maximum absolute atomic E-state index is 12.9. The van der Waals surface area contributed by atoms with Gasteiger partial charge in [-0.05, 0) is 109 Å². The van der Waals surface area contributed by atoms with Crippen LogP contribution < -0.4 is 0 Å². The molecule has 0 aromatic heterocycles. The van der Waals surface area contributed by atoms with Gasteiger partial charge in [0.05, 0.1) is 0 Å². The zero-order valence-corrected chi connectivity index (χ0v) is 46.7. The summed E-state index contributed by atoms with van der Waals surface area (Å²) in [5.41, 5.74) is 0. The molecule has 0 saturated heterocycles. The van der Waals surface area contributed by atoms with Gasteiger partial charge in [0.15, 0.2) is 6.10 Å². The lowest BCUT2D eigenvalue weighted by Crippen LogP contribution is -2.30. The Morgan fingerprint density at radius 2 is 0.556 bits per heavy atom. The van der Waals surface area contributed by atoms with Crippen LogP contribution in [-0.4, -0.2) is 37.2 Å². The maximum Gasteiger partial charge on any atom is 0.306 e. The summed E-state index contributed by atoms with van der Waals surface area (Å²) in [4.78, 5) is 38.2. The van der Waals surface area contributed by atoms with Crippen molar-refractivity contribution in [1.29, 1.82) is 0 Å². The third kappa shape index (κ3) is 56.7. The monoisotopic (exact) mass is 997 g/mol. The molecule has 6 nitrogen and oxygen atoms in total. The van der Waals surface area contributed by atoms with Crippen LogP contribution >= 0.6 is 0 Å². The van der Waals surface area contributed by atoms with Gasteiger partial charge >= 0.3 is 17.9 Å². The zero-order valence-electron chi connectivity index (χ0n) is 46.7.